The van der Waals surface area contributed by atoms with Gasteiger partial charge in [0.1, 0.15) is 0 Å². The van der Waals surface area contributed by atoms with Crippen molar-refractivity contribution < 1.29 is 34.3 Å². The van der Waals surface area contributed by atoms with Crippen molar-refractivity contribution in [3.05, 3.63) is 0 Å². The van der Waals surface area contributed by atoms with Crippen LogP contribution in [0.3, 0.4) is 0 Å². The second-order valence-electron chi connectivity index (χ2n) is 0.402. The Labute approximate surface area is 62.9 Å². The largest absolute Gasteiger partial charge is 1.00 e. The molecule has 0 atom stereocenters. The van der Waals surface area contributed by atoms with Gasteiger partial charge >= 0.3 is 29.6 Å². The molecule has 6 heavy (non-hydrogen) atoms. The van der Waals surface area contributed by atoms with E-state index in [9.17, 15) is 0 Å². The summed E-state index contributed by atoms with van der Waals surface area (Å²) in [5.41, 5.74) is 9.24. The average Bonchev–Trinajstić information content (AvgIpc) is 0.811. The van der Waals surface area contributed by atoms with Gasteiger partial charge in [0.25, 0.3) is 0 Å². The normalized spacial score (nSPS) is 4.00. The van der Waals surface area contributed by atoms with Crippen LogP contribution in [0.15, 0.2) is 0 Å². The van der Waals surface area contributed by atoms with Crippen LogP contribution in [0, 0.1) is 0 Å². The van der Waals surface area contributed by atoms with E-state index in [2.05, 4.69) is 23.7 Å². The molecule has 0 aliphatic carbocycles. The monoisotopic (exact) mass is 118 g/mol. The Morgan fingerprint density at radius 3 is 1.33 bits per heavy atom. The number of hydrogen-bond donors (Lipinski definition) is 2. The van der Waals surface area contributed by atoms with E-state index in [-0.39, 0.29) is 39.4 Å². The Balaban J connectivity index is -0.0000000450. The molecular formula is CH4FN2NaS. The molecule has 0 bridgehead atoms. The van der Waals surface area contributed by atoms with E-state index in [0.717, 1.165) is 0 Å². The van der Waals surface area contributed by atoms with Gasteiger partial charge in [0.2, 0.25) is 0 Å². The van der Waals surface area contributed by atoms with Crippen molar-refractivity contribution in [3.63, 3.8) is 0 Å². The maximum atomic E-state index is 4.62. The van der Waals surface area contributed by atoms with Gasteiger partial charge in [0.15, 0.2) is 5.11 Å². The molecule has 0 aromatic carbocycles. The van der Waals surface area contributed by atoms with Gasteiger partial charge in [-0.3, -0.25) is 0 Å². The summed E-state index contributed by atoms with van der Waals surface area (Å²) in [5, 5.41) is 0.000000000000000222. The molecule has 0 aromatic rings. The Bertz CT molecular complexity index is 36.5. The number of halogens is 1. The van der Waals surface area contributed by atoms with Crippen LogP contribution in [-0.4, -0.2) is 5.11 Å². The zero-order valence-corrected chi connectivity index (χ0v) is 6.26. The molecule has 0 radical (unpaired) electrons. The summed E-state index contributed by atoms with van der Waals surface area (Å²) in [4.78, 5) is 0. The molecule has 0 saturated carbocycles. The summed E-state index contributed by atoms with van der Waals surface area (Å²) in [6.07, 6.45) is 0. The van der Waals surface area contributed by atoms with Crippen LogP contribution in [0.4, 0.5) is 0 Å². The van der Waals surface area contributed by atoms with Crippen LogP contribution >= 0.6 is 12.2 Å². The summed E-state index contributed by atoms with van der Waals surface area (Å²) >= 11 is 4.09. The molecule has 0 unspecified atom stereocenters. The number of rotatable bonds is 0. The van der Waals surface area contributed by atoms with Gasteiger partial charge in [0, 0.05) is 0 Å². The minimum atomic E-state index is 0. The molecule has 0 saturated heterocycles. The molecular weight excluding hydrogens is 114 g/mol. The van der Waals surface area contributed by atoms with E-state index in [1.807, 2.05) is 0 Å². The summed E-state index contributed by atoms with van der Waals surface area (Å²) in [7, 11) is 0. The smallest absolute Gasteiger partial charge is 1.00 e. The van der Waals surface area contributed by atoms with E-state index in [4.69, 9.17) is 0 Å². The van der Waals surface area contributed by atoms with E-state index >= 15 is 0 Å². The fourth-order valence-electron chi connectivity index (χ4n) is 0. The van der Waals surface area contributed by atoms with Gasteiger partial charge in [-0.2, -0.15) is 0 Å². The zero-order valence-electron chi connectivity index (χ0n) is 3.44. The maximum Gasteiger partial charge on any atom is 1.00 e. The van der Waals surface area contributed by atoms with Crippen LogP contribution in [0.5, 0.6) is 0 Å². The molecule has 0 heterocycles. The van der Waals surface area contributed by atoms with Gasteiger partial charge in [-0.1, -0.05) is 0 Å². The van der Waals surface area contributed by atoms with E-state index < -0.39 is 0 Å². The fraction of sp³-hybridized carbons (Fsp3) is 0. The molecule has 0 amide bonds. The first-order chi connectivity index (χ1) is 1.73. The third-order valence-electron chi connectivity index (χ3n) is 0. The first-order valence-corrected chi connectivity index (χ1v) is 1.19. The second-order valence-corrected chi connectivity index (χ2v) is 0.874. The second kappa shape index (κ2) is 9.15. The summed E-state index contributed by atoms with van der Waals surface area (Å²) in [6, 6.07) is 0. The standard InChI is InChI=1S/CH4N2S.FH.Na/c2-1(3)4;;/h(H4,2,3,4);1H;/q;;+1/p-1. The maximum absolute atomic E-state index is 4.62. The third kappa shape index (κ3) is 157. The Kier molecular flexibility index (Phi) is 24.3. The summed E-state index contributed by atoms with van der Waals surface area (Å²) < 4.78 is 0. The quantitative estimate of drug-likeness (QED) is 0.245. The minimum Gasteiger partial charge on any atom is -1.00 e. The predicted molar refractivity (Wildman–Crippen MR) is 21.0 cm³/mol. The summed E-state index contributed by atoms with van der Waals surface area (Å²) in [5.74, 6) is 0. The molecule has 0 aliphatic rings. The van der Waals surface area contributed by atoms with Gasteiger partial charge in [-0.25, -0.2) is 0 Å². The number of nitrogens with two attached hydrogens (primary N) is 2. The van der Waals surface area contributed by atoms with E-state index in [1.54, 1.807) is 0 Å². The SMILES string of the molecule is NC(N)=S.[F-].[Na+]. The molecule has 0 rings (SSSR count). The number of thiocarbonyl (C=S) groups is 1. The van der Waals surface area contributed by atoms with Crippen molar-refractivity contribution in [2.45, 2.75) is 0 Å². The molecule has 0 aliphatic heterocycles. The van der Waals surface area contributed by atoms with Crippen molar-refractivity contribution >= 4 is 17.3 Å². The summed E-state index contributed by atoms with van der Waals surface area (Å²) in [6.45, 7) is 0. The molecule has 2 nitrogen and oxygen atoms in total. The molecule has 0 fully saturated rings. The Hall–Kier alpha value is 0.620. The van der Waals surface area contributed by atoms with Crippen molar-refractivity contribution in [1.82, 2.24) is 0 Å². The van der Waals surface area contributed by atoms with E-state index in [1.165, 1.54) is 0 Å². The van der Waals surface area contributed by atoms with Gasteiger partial charge < -0.3 is 16.2 Å². The van der Waals surface area contributed by atoms with Crippen LogP contribution < -0.4 is 45.7 Å². The number of hydrogen-bond acceptors (Lipinski definition) is 1. The predicted octanol–water partition coefficient (Wildman–Crippen LogP) is -6.80. The van der Waals surface area contributed by atoms with Crippen molar-refractivity contribution in [1.29, 1.82) is 0 Å². The van der Waals surface area contributed by atoms with Gasteiger partial charge in [-0.05, 0) is 12.2 Å². The average molecular weight is 118 g/mol. The topological polar surface area (TPSA) is 52.0 Å². The minimum absolute atomic E-state index is 0. The third-order valence-corrected chi connectivity index (χ3v) is 0. The zero-order chi connectivity index (χ0) is 3.58. The molecule has 0 aromatic heterocycles. The Morgan fingerprint density at radius 2 is 1.33 bits per heavy atom. The van der Waals surface area contributed by atoms with Crippen molar-refractivity contribution in [3.8, 4) is 0 Å². The van der Waals surface area contributed by atoms with Crippen molar-refractivity contribution in [2.24, 2.45) is 11.5 Å². The van der Waals surface area contributed by atoms with Gasteiger partial charge in [0.05, 0.1) is 0 Å². The fourth-order valence-corrected chi connectivity index (χ4v) is 0. The molecule has 4 N–H and O–H groups in total. The molecule has 32 valence electrons. The van der Waals surface area contributed by atoms with Crippen LogP contribution in [0.1, 0.15) is 0 Å². The Morgan fingerprint density at radius 1 is 1.33 bits per heavy atom. The van der Waals surface area contributed by atoms with Crippen LogP contribution in [0.25, 0.3) is 0 Å². The van der Waals surface area contributed by atoms with E-state index in [0.29, 0.717) is 0 Å². The first-order valence-electron chi connectivity index (χ1n) is 0.781. The van der Waals surface area contributed by atoms with Crippen LogP contribution in [0.2, 0.25) is 0 Å². The molecule has 0 spiro atoms. The van der Waals surface area contributed by atoms with Crippen LogP contribution in [-0.2, 0) is 0 Å². The molecule has 5 heteroatoms. The van der Waals surface area contributed by atoms with Crippen molar-refractivity contribution in [2.75, 3.05) is 0 Å². The first kappa shape index (κ1) is 16.0. The van der Waals surface area contributed by atoms with Gasteiger partial charge in [-0.15, -0.1) is 0 Å².